The van der Waals surface area contributed by atoms with Crippen molar-refractivity contribution in [1.82, 2.24) is 4.40 Å². The van der Waals surface area contributed by atoms with Crippen molar-refractivity contribution >= 4 is 37.0 Å². The monoisotopic (exact) mass is 307 g/mol. The second-order valence-electron chi connectivity index (χ2n) is 6.74. The molecule has 0 spiro atoms. The van der Waals surface area contributed by atoms with E-state index in [0.717, 1.165) is 11.1 Å². The molecule has 0 fully saturated rings. The summed E-state index contributed by atoms with van der Waals surface area (Å²) in [5.41, 5.74) is 2.09. The topological polar surface area (TPSA) is 21.5 Å². The van der Waals surface area contributed by atoms with E-state index in [0.29, 0.717) is 0 Å². The second kappa shape index (κ2) is 4.43. The lowest BCUT2D eigenvalue weighted by molar-refractivity contribution is 0.589. The zero-order valence-corrected chi connectivity index (χ0v) is 13.7. The highest BCUT2D eigenvalue weighted by Crippen LogP contribution is 2.36. The van der Waals surface area contributed by atoms with Crippen LogP contribution >= 0.6 is 11.3 Å². The Bertz CT molecular complexity index is 1080. The largest absolute Gasteiger partial charge is 0.284 e. The van der Waals surface area contributed by atoms with Crippen molar-refractivity contribution in [3.8, 4) is 0 Å². The van der Waals surface area contributed by atoms with E-state index in [-0.39, 0.29) is 11.0 Å². The second-order valence-corrected chi connectivity index (χ2v) is 7.82. The molecule has 0 N–H and O–H groups in total. The first-order chi connectivity index (χ1) is 10.4. The fourth-order valence-corrected chi connectivity index (χ4v) is 4.06. The molecule has 0 aliphatic heterocycles. The Labute approximate surface area is 132 Å². The third kappa shape index (κ3) is 1.89. The zero-order valence-electron chi connectivity index (χ0n) is 12.9. The van der Waals surface area contributed by atoms with E-state index in [1.54, 1.807) is 21.8 Å². The maximum absolute atomic E-state index is 12.5. The van der Waals surface area contributed by atoms with Crippen LogP contribution in [0.15, 0.2) is 53.5 Å². The standard InChI is InChI=1S/C19H17NOS/c1-19(2,3)12-10-14-18-13-6-4-5-7-15(13)22-16(18)8-9-20(14)17(21)11-12/h4-11H,1-3H3. The normalized spacial score (nSPS) is 12.5. The molecule has 2 nitrogen and oxygen atoms in total. The van der Waals surface area contributed by atoms with Crippen LogP contribution in [0.25, 0.3) is 25.7 Å². The smallest absolute Gasteiger partial charge is 0.255 e. The first-order valence-electron chi connectivity index (χ1n) is 7.42. The van der Waals surface area contributed by atoms with E-state index in [9.17, 15) is 4.79 Å². The molecule has 0 bridgehead atoms. The number of rotatable bonds is 0. The van der Waals surface area contributed by atoms with Crippen molar-refractivity contribution in [2.45, 2.75) is 26.2 Å². The van der Waals surface area contributed by atoms with E-state index >= 15 is 0 Å². The van der Waals surface area contributed by atoms with E-state index in [4.69, 9.17) is 0 Å². The number of fused-ring (bicyclic) bond motifs is 5. The molecule has 3 heteroatoms. The molecule has 0 radical (unpaired) electrons. The average Bonchev–Trinajstić information content (AvgIpc) is 2.84. The van der Waals surface area contributed by atoms with Gasteiger partial charge in [-0.15, -0.1) is 11.3 Å². The molecule has 0 saturated heterocycles. The van der Waals surface area contributed by atoms with Gasteiger partial charge in [0.15, 0.2) is 0 Å². The third-order valence-corrected chi connectivity index (χ3v) is 5.32. The minimum atomic E-state index is -0.0398. The molecule has 4 rings (SSSR count). The van der Waals surface area contributed by atoms with Crippen LogP contribution < -0.4 is 5.56 Å². The van der Waals surface area contributed by atoms with Gasteiger partial charge in [-0.25, -0.2) is 0 Å². The molecule has 3 heterocycles. The number of pyridine rings is 2. The van der Waals surface area contributed by atoms with Crippen LogP contribution in [0, 0.1) is 0 Å². The minimum Gasteiger partial charge on any atom is -0.284 e. The summed E-state index contributed by atoms with van der Waals surface area (Å²) in [6.07, 6.45) is 1.89. The Balaban J connectivity index is 2.27. The maximum Gasteiger partial charge on any atom is 0.255 e. The number of hydrogen-bond acceptors (Lipinski definition) is 2. The van der Waals surface area contributed by atoms with Crippen LogP contribution in [-0.2, 0) is 5.41 Å². The summed E-state index contributed by atoms with van der Waals surface area (Å²) in [5, 5.41) is 2.41. The van der Waals surface area contributed by atoms with E-state index in [1.165, 1.54) is 20.2 Å². The lowest BCUT2D eigenvalue weighted by Gasteiger charge is -2.19. The van der Waals surface area contributed by atoms with Crippen molar-refractivity contribution in [3.05, 3.63) is 64.6 Å². The van der Waals surface area contributed by atoms with Crippen molar-refractivity contribution in [2.75, 3.05) is 0 Å². The fraction of sp³-hybridized carbons (Fsp3) is 0.211. The van der Waals surface area contributed by atoms with Crippen LogP contribution in [0.4, 0.5) is 0 Å². The lowest BCUT2D eigenvalue weighted by Crippen LogP contribution is -2.19. The number of hydrogen-bond donors (Lipinski definition) is 0. The summed E-state index contributed by atoms with van der Waals surface area (Å²) in [7, 11) is 0. The molecule has 0 unspecified atom stereocenters. The third-order valence-electron chi connectivity index (χ3n) is 4.19. The predicted molar refractivity (Wildman–Crippen MR) is 95.3 cm³/mol. The molecule has 0 atom stereocenters. The van der Waals surface area contributed by atoms with Gasteiger partial charge < -0.3 is 0 Å². The summed E-state index contributed by atoms with van der Waals surface area (Å²) in [4.78, 5) is 12.5. The van der Waals surface area contributed by atoms with Crippen LogP contribution in [0.1, 0.15) is 26.3 Å². The molecule has 110 valence electrons. The lowest BCUT2D eigenvalue weighted by atomic mass is 9.87. The first-order valence-corrected chi connectivity index (χ1v) is 8.24. The molecule has 0 aliphatic carbocycles. The highest BCUT2D eigenvalue weighted by atomic mass is 32.1. The molecular weight excluding hydrogens is 290 g/mol. The molecule has 0 amide bonds. The maximum atomic E-state index is 12.5. The minimum absolute atomic E-state index is 0.0398. The Hall–Kier alpha value is -2.13. The summed E-state index contributed by atoms with van der Waals surface area (Å²) < 4.78 is 4.25. The van der Waals surface area contributed by atoms with Crippen molar-refractivity contribution < 1.29 is 0 Å². The quantitative estimate of drug-likeness (QED) is 0.449. The molecule has 22 heavy (non-hydrogen) atoms. The summed E-state index contributed by atoms with van der Waals surface area (Å²) in [6.45, 7) is 6.43. The molecule has 1 aromatic carbocycles. The van der Waals surface area contributed by atoms with Gasteiger partial charge in [0.05, 0.1) is 5.52 Å². The number of aromatic nitrogens is 1. The highest BCUT2D eigenvalue weighted by Gasteiger charge is 2.17. The Morgan fingerprint density at radius 3 is 2.55 bits per heavy atom. The van der Waals surface area contributed by atoms with Gasteiger partial charge in [-0.05, 0) is 29.2 Å². The van der Waals surface area contributed by atoms with Gasteiger partial charge in [0, 0.05) is 32.4 Å². The highest BCUT2D eigenvalue weighted by molar-refractivity contribution is 7.26. The van der Waals surface area contributed by atoms with Gasteiger partial charge in [-0.1, -0.05) is 39.0 Å². The summed E-state index contributed by atoms with van der Waals surface area (Å²) in [5.74, 6) is 0. The zero-order chi connectivity index (χ0) is 15.5. The van der Waals surface area contributed by atoms with Crippen molar-refractivity contribution in [2.24, 2.45) is 0 Å². The number of nitrogens with zero attached hydrogens (tertiary/aromatic N) is 1. The van der Waals surface area contributed by atoms with Gasteiger partial charge in [0.2, 0.25) is 0 Å². The van der Waals surface area contributed by atoms with Gasteiger partial charge >= 0.3 is 0 Å². The van der Waals surface area contributed by atoms with E-state index in [1.807, 2.05) is 12.3 Å². The Morgan fingerprint density at radius 1 is 1.00 bits per heavy atom. The molecule has 3 aromatic heterocycles. The fourth-order valence-electron chi connectivity index (χ4n) is 2.95. The van der Waals surface area contributed by atoms with E-state index in [2.05, 4.69) is 51.1 Å². The van der Waals surface area contributed by atoms with Crippen LogP contribution in [-0.4, -0.2) is 4.40 Å². The average molecular weight is 307 g/mol. The molecule has 0 aliphatic rings. The van der Waals surface area contributed by atoms with Gasteiger partial charge in [-0.3, -0.25) is 9.20 Å². The molecule has 4 aromatic rings. The van der Waals surface area contributed by atoms with E-state index < -0.39 is 0 Å². The molecular formula is C19H17NOS. The Morgan fingerprint density at radius 2 is 1.77 bits per heavy atom. The van der Waals surface area contributed by atoms with Crippen molar-refractivity contribution in [1.29, 1.82) is 0 Å². The van der Waals surface area contributed by atoms with Gasteiger partial charge in [0.1, 0.15) is 0 Å². The Kier molecular flexibility index (Phi) is 2.73. The first kappa shape index (κ1) is 13.5. The number of thiophene rings is 1. The molecule has 0 saturated carbocycles. The van der Waals surface area contributed by atoms with Gasteiger partial charge in [0.25, 0.3) is 5.56 Å². The summed E-state index contributed by atoms with van der Waals surface area (Å²) >= 11 is 1.78. The van der Waals surface area contributed by atoms with Crippen LogP contribution in [0.5, 0.6) is 0 Å². The summed E-state index contributed by atoms with van der Waals surface area (Å²) in [6, 6.07) is 14.4. The van der Waals surface area contributed by atoms with Crippen LogP contribution in [0.2, 0.25) is 0 Å². The predicted octanol–water partition coefficient (Wildman–Crippen LogP) is 4.96. The number of benzene rings is 1. The van der Waals surface area contributed by atoms with Crippen LogP contribution in [0.3, 0.4) is 0 Å². The van der Waals surface area contributed by atoms with Crippen molar-refractivity contribution in [3.63, 3.8) is 0 Å². The SMILES string of the molecule is CC(C)(C)c1cc(=O)n2ccc3sc4ccccc4c3c2c1. The van der Waals surface area contributed by atoms with Gasteiger partial charge in [-0.2, -0.15) is 0 Å².